The minimum atomic E-state index is -0.333. The lowest BCUT2D eigenvalue weighted by molar-refractivity contribution is -0.121. The number of nitrogens with zero attached hydrogens (tertiary/aromatic N) is 2. The maximum absolute atomic E-state index is 13.7. The third kappa shape index (κ3) is 6.03. The summed E-state index contributed by atoms with van der Waals surface area (Å²) in [5.41, 5.74) is 2.71. The van der Waals surface area contributed by atoms with Crippen molar-refractivity contribution >= 4 is 17.5 Å². The summed E-state index contributed by atoms with van der Waals surface area (Å²) in [4.78, 5) is 28.8. The minimum absolute atomic E-state index is 0.0704. The number of hydrogen-bond donors (Lipinski definition) is 2. The van der Waals surface area contributed by atoms with Crippen molar-refractivity contribution in [1.82, 2.24) is 15.5 Å². The maximum Gasteiger partial charge on any atom is 0.227 e. The molecular weight excluding hydrogens is 423 g/mol. The highest BCUT2D eigenvalue weighted by Gasteiger charge is 2.22. The number of halogens is 1. The van der Waals surface area contributed by atoms with Crippen LogP contribution in [-0.4, -0.2) is 22.0 Å². The van der Waals surface area contributed by atoms with Gasteiger partial charge in [0.05, 0.1) is 0 Å². The summed E-state index contributed by atoms with van der Waals surface area (Å²) < 4.78 is 18.9. The van der Waals surface area contributed by atoms with Crippen LogP contribution in [0.2, 0.25) is 0 Å². The van der Waals surface area contributed by atoms with E-state index in [1.54, 1.807) is 19.1 Å². The Balaban J connectivity index is 1.25. The molecule has 0 spiro atoms. The first kappa shape index (κ1) is 22.6. The van der Waals surface area contributed by atoms with E-state index in [4.69, 9.17) is 4.52 Å². The highest BCUT2D eigenvalue weighted by atomic mass is 19.1. The molecule has 0 radical (unpaired) electrons. The molecule has 1 fully saturated rings. The van der Waals surface area contributed by atoms with E-state index in [1.807, 2.05) is 24.3 Å². The van der Waals surface area contributed by atoms with Gasteiger partial charge in [-0.25, -0.2) is 4.39 Å². The molecule has 1 aliphatic rings. The molecule has 7 nitrogen and oxygen atoms in total. The molecule has 2 N–H and O–H groups in total. The normalized spacial score (nSPS) is 13.8. The number of hydrogen-bond acceptors (Lipinski definition) is 5. The molecule has 3 aromatic rings. The fraction of sp³-hybridized carbons (Fsp3) is 0.360. The second-order valence-corrected chi connectivity index (χ2v) is 8.42. The van der Waals surface area contributed by atoms with Gasteiger partial charge < -0.3 is 15.2 Å². The number of amides is 2. The van der Waals surface area contributed by atoms with Crippen LogP contribution in [0.5, 0.6) is 0 Å². The van der Waals surface area contributed by atoms with Gasteiger partial charge in [-0.15, -0.1) is 0 Å². The SMILES string of the molecule is Cc1ccc(-c2noc(CCC(=O)NCc3cccc(NC(=O)C4CCCC4)c3)n2)cc1F. The van der Waals surface area contributed by atoms with Crippen LogP contribution in [0.15, 0.2) is 47.0 Å². The Bertz CT molecular complexity index is 1140. The van der Waals surface area contributed by atoms with E-state index in [9.17, 15) is 14.0 Å². The van der Waals surface area contributed by atoms with E-state index in [-0.39, 0.29) is 36.4 Å². The predicted molar refractivity (Wildman–Crippen MR) is 122 cm³/mol. The number of carbonyl (C=O) groups excluding carboxylic acids is 2. The summed E-state index contributed by atoms with van der Waals surface area (Å²) in [5.74, 6) is 0.292. The monoisotopic (exact) mass is 450 g/mol. The first-order valence-corrected chi connectivity index (χ1v) is 11.2. The fourth-order valence-electron chi connectivity index (χ4n) is 3.91. The van der Waals surface area contributed by atoms with Gasteiger partial charge in [-0.05, 0) is 49.1 Å². The summed E-state index contributed by atoms with van der Waals surface area (Å²) in [5, 5.41) is 9.72. The molecule has 0 aliphatic heterocycles. The third-order valence-corrected chi connectivity index (χ3v) is 5.87. The molecule has 172 valence electrons. The average molecular weight is 451 g/mol. The molecule has 0 saturated heterocycles. The van der Waals surface area contributed by atoms with Gasteiger partial charge in [0, 0.05) is 36.6 Å². The second kappa shape index (κ2) is 10.4. The summed E-state index contributed by atoms with van der Waals surface area (Å²) >= 11 is 0. The van der Waals surface area contributed by atoms with Gasteiger partial charge >= 0.3 is 0 Å². The molecule has 1 aliphatic carbocycles. The molecular formula is C25H27FN4O3. The zero-order chi connectivity index (χ0) is 23.2. The standard InChI is InChI=1S/C25H27FN4O3/c1-16-9-10-19(14-21(16)26)24-29-23(33-30-24)12-11-22(31)27-15-17-5-4-8-20(13-17)28-25(32)18-6-2-3-7-18/h4-5,8-10,13-14,18H,2-3,6-7,11-12,15H2,1H3,(H,27,31)(H,28,32). The van der Waals surface area contributed by atoms with Crippen LogP contribution in [0.25, 0.3) is 11.4 Å². The number of carbonyl (C=O) groups is 2. The Morgan fingerprint density at radius 1 is 1.15 bits per heavy atom. The number of benzene rings is 2. The zero-order valence-corrected chi connectivity index (χ0v) is 18.6. The summed E-state index contributed by atoms with van der Waals surface area (Å²) in [6, 6.07) is 12.2. The van der Waals surface area contributed by atoms with Crippen molar-refractivity contribution in [3.63, 3.8) is 0 Å². The summed E-state index contributed by atoms with van der Waals surface area (Å²) in [7, 11) is 0. The Labute approximate surface area is 191 Å². The molecule has 0 bridgehead atoms. The van der Waals surface area contributed by atoms with E-state index in [0.29, 0.717) is 29.4 Å². The summed E-state index contributed by atoms with van der Waals surface area (Å²) in [6.45, 7) is 2.03. The lowest BCUT2D eigenvalue weighted by atomic mass is 10.1. The maximum atomic E-state index is 13.7. The lowest BCUT2D eigenvalue weighted by Crippen LogP contribution is -2.23. The zero-order valence-electron chi connectivity index (χ0n) is 18.6. The molecule has 8 heteroatoms. The van der Waals surface area contributed by atoms with Crippen molar-refractivity contribution in [3.8, 4) is 11.4 Å². The van der Waals surface area contributed by atoms with Gasteiger partial charge in [0.2, 0.25) is 23.5 Å². The van der Waals surface area contributed by atoms with Crippen LogP contribution in [0.3, 0.4) is 0 Å². The van der Waals surface area contributed by atoms with Crippen LogP contribution >= 0.6 is 0 Å². The van der Waals surface area contributed by atoms with Crippen molar-refractivity contribution in [2.24, 2.45) is 5.92 Å². The van der Waals surface area contributed by atoms with Crippen LogP contribution in [-0.2, 0) is 22.6 Å². The lowest BCUT2D eigenvalue weighted by Gasteiger charge is -2.11. The number of nitrogens with one attached hydrogen (secondary N) is 2. The van der Waals surface area contributed by atoms with Crippen molar-refractivity contribution in [2.45, 2.75) is 52.0 Å². The van der Waals surface area contributed by atoms with E-state index in [2.05, 4.69) is 20.8 Å². The number of aryl methyl sites for hydroxylation is 2. The predicted octanol–water partition coefficient (Wildman–Crippen LogP) is 4.56. The highest BCUT2D eigenvalue weighted by molar-refractivity contribution is 5.92. The molecule has 2 aromatic carbocycles. The van der Waals surface area contributed by atoms with Crippen LogP contribution in [0, 0.1) is 18.7 Å². The number of rotatable bonds is 8. The molecule has 0 unspecified atom stereocenters. The number of anilines is 1. The molecule has 2 amide bonds. The smallest absolute Gasteiger partial charge is 0.227 e. The average Bonchev–Trinajstić information content (AvgIpc) is 3.51. The molecule has 1 saturated carbocycles. The van der Waals surface area contributed by atoms with Crippen molar-refractivity contribution in [2.75, 3.05) is 5.32 Å². The van der Waals surface area contributed by atoms with Crippen molar-refractivity contribution in [3.05, 3.63) is 65.3 Å². The first-order valence-electron chi connectivity index (χ1n) is 11.2. The van der Waals surface area contributed by atoms with Gasteiger partial charge in [-0.1, -0.05) is 42.3 Å². The van der Waals surface area contributed by atoms with E-state index >= 15 is 0 Å². The Morgan fingerprint density at radius 2 is 1.97 bits per heavy atom. The van der Waals surface area contributed by atoms with Gasteiger partial charge in [-0.2, -0.15) is 4.98 Å². The molecule has 1 heterocycles. The van der Waals surface area contributed by atoms with E-state index in [1.165, 1.54) is 6.07 Å². The van der Waals surface area contributed by atoms with Gasteiger partial charge in [0.15, 0.2) is 0 Å². The van der Waals surface area contributed by atoms with Crippen LogP contribution in [0.1, 0.15) is 49.1 Å². The number of aromatic nitrogens is 2. The Morgan fingerprint density at radius 3 is 2.76 bits per heavy atom. The van der Waals surface area contributed by atoms with Gasteiger partial charge in [0.25, 0.3) is 0 Å². The highest BCUT2D eigenvalue weighted by Crippen LogP contribution is 2.26. The Kier molecular flexibility index (Phi) is 7.12. The summed E-state index contributed by atoms with van der Waals surface area (Å²) in [6.07, 6.45) is 4.59. The second-order valence-electron chi connectivity index (χ2n) is 8.42. The van der Waals surface area contributed by atoms with Crippen molar-refractivity contribution in [1.29, 1.82) is 0 Å². The molecule has 0 atom stereocenters. The topological polar surface area (TPSA) is 97.1 Å². The first-order chi connectivity index (χ1) is 16.0. The van der Waals surface area contributed by atoms with Crippen LogP contribution in [0.4, 0.5) is 10.1 Å². The van der Waals surface area contributed by atoms with Crippen molar-refractivity contribution < 1.29 is 18.5 Å². The fourth-order valence-corrected chi connectivity index (χ4v) is 3.91. The molecule has 4 rings (SSSR count). The van der Waals surface area contributed by atoms with Crippen LogP contribution < -0.4 is 10.6 Å². The Hall–Kier alpha value is -3.55. The quantitative estimate of drug-likeness (QED) is 0.524. The van der Waals surface area contributed by atoms with E-state index in [0.717, 1.165) is 36.9 Å². The largest absolute Gasteiger partial charge is 0.352 e. The van der Waals surface area contributed by atoms with E-state index < -0.39 is 0 Å². The third-order valence-electron chi connectivity index (χ3n) is 5.87. The van der Waals surface area contributed by atoms with Gasteiger partial charge in [-0.3, -0.25) is 9.59 Å². The molecule has 33 heavy (non-hydrogen) atoms. The minimum Gasteiger partial charge on any atom is -0.352 e. The molecule has 1 aromatic heterocycles. The van der Waals surface area contributed by atoms with Gasteiger partial charge in [0.1, 0.15) is 5.82 Å².